The Kier molecular flexibility index (Phi) is 4.06. The van der Waals surface area contributed by atoms with Gasteiger partial charge >= 0.3 is 12.0 Å². The minimum atomic E-state index is -1.05. The molecule has 0 unspecified atom stereocenters. The average molecular weight is 256 g/mol. The zero-order valence-electron chi connectivity index (χ0n) is 10.3. The fourth-order valence-electron chi connectivity index (χ4n) is 2.82. The van der Waals surface area contributed by atoms with Gasteiger partial charge in [0.05, 0.1) is 6.10 Å². The molecule has 3 N–H and O–H groups in total. The number of hydrogen-bond donors (Lipinski definition) is 3. The lowest BCUT2D eigenvalue weighted by molar-refractivity contribution is -0.141. The van der Waals surface area contributed by atoms with Crippen molar-refractivity contribution in [3.05, 3.63) is 0 Å². The van der Waals surface area contributed by atoms with Crippen LogP contribution in [0.4, 0.5) is 4.79 Å². The molecule has 2 aliphatic rings. The standard InChI is InChI=1S/C12H20N2O4/c15-9-5-10(11(16)17)14(7-9)12(18)13-6-8-3-1-2-4-8/h8-10,15H,1-7H2,(H,13,18)(H,16,17)/t9-,10+/m1/s1. The molecule has 1 saturated heterocycles. The zero-order chi connectivity index (χ0) is 13.1. The number of amides is 2. The number of nitrogens with one attached hydrogen (secondary N) is 1. The Morgan fingerprint density at radius 1 is 1.28 bits per heavy atom. The molecule has 2 fully saturated rings. The molecule has 0 radical (unpaired) electrons. The Bertz CT molecular complexity index is 328. The molecule has 1 heterocycles. The number of carboxylic acid groups (broad SMARTS) is 1. The first-order chi connectivity index (χ1) is 8.58. The molecule has 0 aromatic rings. The molecule has 1 aliphatic carbocycles. The molecule has 2 amide bonds. The second-order valence-electron chi connectivity index (χ2n) is 5.23. The maximum Gasteiger partial charge on any atom is 0.326 e. The van der Waals surface area contributed by atoms with Crippen molar-refractivity contribution in [1.82, 2.24) is 10.2 Å². The number of aliphatic hydroxyl groups excluding tert-OH is 1. The number of likely N-dealkylation sites (tertiary alicyclic amines) is 1. The molecule has 2 rings (SSSR count). The van der Waals surface area contributed by atoms with E-state index in [9.17, 15) is 14.7 Å². The van der Waals surface area contributed by atoms with Gasteiger partial charge in [-0.15, -0.1) is 0 Å². The largest absolute Gasteiger partial charge is 0.480 e. The summed E-state index contributed by atoms with van der Waals surface area (Å²) >= 11 is 0. The molecule has 6 nitrogen and oxygen atoms in total. The van der Waals surface area contributed by atoms with Crippen molar-refractivity contribution < 1.29 is 19.8 Å². The quantitative estimate of drug-likeness (QED) is 0.682. The monoisotopic (exact) mass is 256 g/mol. The molecule has 18 heavy (non-hydrogen) atoms. The van der Waals surface area contributed by atoms with E-state index in [1.165, 1.54) is 17.7 Å². The van der Waals surface area contributed by atoms with E-state index >= 15 is 0 Å². The van der Waals surface area contributed by atoms with E-state index in [-0.39, 0.29) is 19.0 Å². The van der Waals surface area contributed by atoms with E-state index in [2.05, 4.69) is 5.32 Å². The summed E-state index contributed by atoms with van der Waals surface area (Å²) in [5, 5.41) is 21.2. The van der Waals surface area contributed by atoms with Crippen LogP contribution in [0.25, 0.3) is 0 Å². The first-order valence-electron chi connectivity index (χ1n) is 6.53. The Morgan fingerprint density at radius 3 is 2.56 bits per heavy atom. The third kappa shape index (κ3) is 2.93. The minimum Gasteiger partial charge on any atom is -0.480 e. The number of hydrogen-bond acceptors (Lipinski definition) is 3. The van der Waals surface area contributed by atoms with Gasteiger partial charge in [-0.05, 0) is 18.8 Å². The molecular formula is C12H20N2O4. The minimum absolute atomic E-state index is 0.105. The van der Waals surface area contributed by atoms with Crippen LogP contribution in [0.3, 0.4) is 0 Å². The molecule has 1 saturated carbocycles. The third-order valence-electron chi connectivity index (χ3n) is 3.84. The summed E-state index contributed by atoms with van der Waals surface area (Å²) in [4.78, 5) is 24.1. The molecule has 0 bridgehead atoms. The summed E-state index contributed by atoms with van der Waals surface area (Å²) in [5.41, 5.74) is 0. The van der Waals surface area contributed by atoms with E-state index in [1.807, 2.05) is 0 Å². The number of carbonyl (C=O) groups is 2. The lowest BCUT2D eigenvalue weighted by Gasteiger charge is -2.22. The van der Waals surface area contributed by atoms with Crippen LogP contribution in [0.15, 0.2) is 0 Å². The normalized spacial score (nSPS) is 28.6. The molecule has 6 heteroatoms. The first-order valence-corrected chi connectivity index (χ1v) is 6.53. The van der Waals surface area contributed by atoms with Crippen molar-refractivity contribution in [1.29, 1.82) is 0 Å². The van der Waals surface area contributed by atoms with Crippen LogP contribution in [0.1, 0.15) is 32.1 Å². The van der Waals surface area contributed by atoms with E-state index in [0.717, 1.165) is 12.8 Å². The predicted octanol–water partition coefficient (Wildman–Crippen LogP) is 0.406. The summed E-state index contributed by atoms with van der Waals surface area (Å²) < 4.78 is 0. The van der Waals surface area contributed by atoms with Crippen LogP contribution in [-0.2, 0) is 4.79 Å². The lowest BCUT2D eigenvalue weighted by atomic mass is 10.1. The first kappa shape index (κ1) is 13.1. The van der Waals surface area contributed by atoms with Gasteiger partial charge in [0.2, 0.25) is 0 Å². The van der Waals surface area contributed by atoms with Gasteiger partial charge in [0.15, 0.2) is 0 Å². The molecule has 102 valence electrons. The molecule has 2 atom stereocenters. The second kappa shape index (κ2) is 5.56. The maximum absolute atomic E-state index is 11.9. The zero-order valence-corrected chi connectivity index (χ0v) is 10.3. The number of aliphatic carboxylic acids is 1. The van der Waals surface area contributed by atoms with Crippen molar-refractivity contribution in [2.45, 2.75) is 44.2 Å². The smallest absolute Gasteiger partial charge is 0.326 e. The van der Waals surface area contributed by atoms with Gasteiger partial charge in [0.25, 0.3) is 0 Å². The Labute approximate surface area is 106 Å². The molecule has 0 aromatic carbocycles. The van der Waals surface area contributed by atoms with Gasteiger partial charge in [-0.1, -0.05) is 12.8 Å². The highest BCUT2D eigenvalue weighted by Crippen LogP contribution is 2.24. The number of aliphatic hydroxyl groups is 1. The van der Waals surface area contributed by atoms with Gasteiger partial charge < -0.3 is 20.4 Å². The summed E-state index contributed by atoms with van der Waals surface area (Å²) in [7, 11) is 0. The third-order valence-corrected chi connectivity index (χ3v) is 3.84. The number of β-amino-alcohol motifs (C(OH)–C–C–N with tert-alkyl or cyclic N) is 1. The van der Waals surface area contributed by atoms with Crippen molar-refractivity contribution in [3.8, 4) is 0 Å². The van der Waals surface area contributed by atoms with E-state index in [4.69, 9.17) is 5.11 Å². The van der Waals surface area contributed by atoms with Crippen LogP contribution >= 0.6 is 0 Å². The summed E-state index contributed by atoms with van der Waals surface area (Å²) in [6.45, 7) is 0.714. The Balaban J connectivity index is 1.85. The van der Waals surface area contributed by atoms with Gasteiger partial charge in [0.1, 0.15) is 6.04 Å². The van der Waals surface area contributed by atoms with Crippen LogP contribution in [-0.4, -0.2) is 52.3 Å². The van der Waals surface area contributed by atoms with Crippen molar-refractivity contribution >= 4 is 12.0 Å². The van der Waals surface area contributed by atoms with Crippen molar-refractivity contribution in [2.75, 3.05) is 13.1 Å². The maximum atomic E-state index is 11.9. The van der Waals surface area contributed by atoms with Crippen LogP contribution < -0.4 is 5.32 Å². The van der Waals surface area contributed by atoms with Crippen molar-refractivity contribution in [2.24, 2.45) is 5.92 Å². The summed E-state index contributed by atoms with van der Waals surface area (Å²) in [6, 6.07) is -1.27. The topological polar surface area (TPSA) is 89.9 Å². The van der Waals surface area contributed by atoms with Gasteiger partial charge in [0, 0.05) is 19.5 Å². The number of nitrogens with zero attached hydrogens (tertiary/aromatic N) is 1. The van der Waals surface area contributed by atoms with Gasteiger partial charge in [-0.3, -0.25) is 0 Å². The van der Waals surface area contributed by atoms with Gasteiger partial charge in [-0.2, -0.15) is 0 Å². The molecule has 1 aliphatic heterocycles. The van der Waals surface area contributed by atoms with Crippen LogP contribution in [0.2, 0.25) is 0 Å². The predicted molar refractivity (Wildman–Crippen MR) is 64.1 cm³/mol. The highest BCUT2D eigenvalue weighted by Gasteiger charge is 2.39. The lowest BCUT2D eigenvalue weighted by Crippen LogP contribution is -2.47. The number of rotatable bonds is 3. The Hall–Kier alpha value is -1.30. The SMILES string of the molecule is O=C(O)[C@@H]1C[C@@H](O)CN1C(=O)NCC1CCCC1. The molecule has 0 spiro atoms. The summed E-state index contributed by atoms with van der Waals surface area (Å²) in [5.74, 6) is -0.535. The molecule has 0 aromatic heterocycles. The van der Waals surface area contributed by atoms with E-state index < -0.39 is 18.1 Å². The van der Waals surface area contributed by atoms with E-state index in [1.54, 1.807) is 0 Å². The highest BCUT2D eigenvalue weighted by molar-refractivity contribution is 5.83. The van der Waals surface area contributed by atoms with Crippen molar-refractivity contribution in [3.63, 3.8) is 0 Å². The van der Waals surface area contributed by atoms with E-state index in [0.29, 0.717) is 12.5 Å². The number of carbonyl (C=O) groups excluding carboxylic acids is 1. The summed E-state index contributed by atoms with van der Waals surface area (Å²) in [6.07, 6.45) is 4.06. The number of urea groups is 1. The fourth-order valence-corrected chi connectivity index (χ4v) is 2.82. The Morgan fingerprint density at radius 2 is 1.94 bits per heavy atom. The van der Waals surface area contributed by atoms with Gasteiger partial charge in [-0.25, -0.2) is 9.59 Å². The number of carboxylic acids is 1. The second-order valence-corrected chi connectivity index (χ2v) is 5.23. The highest BCUT2D eigenvalue weighted by atomic mass is 16.4. The van der Waals surface area contributed by atoms with Crippen LogP contribution in [0, 0.1) is 5.92 Å². The van der Waals surface area contributed by atoms with Crippen LogP contribution in [0.5, 0.6) is 0 Å². The molecular weight excluding hydrogens is 236 g/mol. The average Bonchev–Trinajstić information content (AvgIpc) is 2.94. The fraction of sp³-hybridized carbons (Fsp3) is 0.833.